The van der Waals surface area contributed by atoms with E-state index in [4.69, 9.17) is 9.47 Å². The van der Waals surface area contributed by atoms with E-state index in [1.165, 1.54) is 11.3 Å². The van der Waals surface area contributed by atoms with Gasteiger partial charge in [0.25, 0.3) is 5.91 Å². The molecule has 0 radical (unpaired) electrons. The lowest BCUT2D eigenvalue weighted by atomic mass is 10.1. The van der Waals surface area contributed by atoms with Crippen LogP contribution in [0.3, 0.4) is 0 Å². The van der Waals surface area contributed by atoms with Gasteiger partial charge in [0, 0.05) is 0 Å². The Morgan fingerprint density at radius 2 is 1.83 bits per heavy atom. The van der Waals surface area contributed by atoms with Crippen LogP contribution in [0.2, 0.25) is 0 Å². The fourth-order valence-electron chi connectivity index (χ4n) is 1.60. The number of ether oxygens (including phenoxy) is 2. The van der Waals surface area contributed by atoms with Crippen molar-refractivity contribution in [2.45, 2.75) is 33.2 Å². The van der Waals surface area contributed by atoms with E-state index in [2.05, 4.69) is 10.6 Å². The highest BCUT2D eigenvalue weighted by Gasteiger charge is 2.32. The van der Waals surface area contributed by atoms with Crippen molar-refractivity contribution in [2.24, 2.45) is 0 Å². The van der Waals surface area contributed by atoms with E-state index in [0.29, 0.717) is 10.6 Å². The number of nitrogens with one attached hydrogen (secondary N) is 2. The van der Waals surface area contributed by atoms with Crippen molar-refractivity contribution in [2.75, 3.05) is 18.5 Å². The van der Waals surface area contributed by atoms with Gasteiger partial charge >= 0.3 is 12.1 Å². The van der Waals surface area contributed by atoms with Gasteiger partial charge < -0.3 is 14.8 Å². The highest BCUT2D eigenvalue weighted by Crippen LogP contribution is 2.29. The highest BCUT2D eigenvalue weighted by atomic mass is 127. The minimum atomic E-state index is -1.18. The van der Waals surface area contributed by atoms with Gasteiger partial charge in [-0.3, -0.25) is 10.1 Å². The number of anilines is 1. The summed E-state index contributed by atoms with van der Waals surface area (Å²) in [7, 11) is 0. The van der Waals surface area contributed by atoms with Crippen molar-refractivity contribution in [1.29, 1.82) is 0 Å². The van der Waals surface area contributed by atoms with Crippen molar-refractivity contribution in [1.82, 2.24) is 5.32 Å². The average molecular weight is 454 g/mol. The van der Waals surface area contributed by atoms with Gasteiger partial charge in [-0.25, -0.2) is 9.59 Å². The molecule has 1 heterocycles. The quantitative estimate of drug-likeness (QED) is 0.509. The fourth-order valence-corrected chi connectivity index (χ4v) is 3.31. The second-order valence-corrected chi connectivity index (χ2v) is 7.88. The van der Waals surface area contributed by atoms with E-state index in [9.17, 15) is 14.4 Å². The monoisotopic (exact) mass is 454 g/mol. The zero-order valence-corrected chi connectivity index (χ0v) is 16.3. The SMILES string of the molecule is CCOC(=O)Nc1cc(I)sc1C(=O)NC(C)(C)C(=O)OCC. The molecule has 0 spiro atoms. The van der Waals surface area contributed by atoms with Crippen LogP contribution < -0.4 is 10.6 Å². The molecule has 0 bridgehead atoms. The van der Waals surface area contributed by atoms with E-state index >= 15 is 0 Å². The molecule has 7 nitrogen and oxygen atoms in total. The Hall–Kier alpha value is -1.36. The zero-order chi connectivity index (χ0) is 17.6. The largest absolute Gasteiger partial charge is 0.464 e. The fraction of sp³-hybridized carbons (Fsp3) is 0.500. The number of carbonyl (C=O) groups excluding carboxylic acids is 3. The molecule has 9 heteroatoms. The molecule has 0 fully saturated rings. The molecule has 0 aliphatic rings. The Labute approximate surface area is 152 Å². The first kappa shape index (κ1) is 19.7. The number of carbonyl (C=O) groups is 3. The molecule has 23 heavy (non-hydrogen) atoms. The van der Waals surface area contributed by atoms with Crippen molar-refractivity contribution < 1.29 is 23.9 Å². The van der Waals surface area contributed by atoms with Crippen LogP contribution in [0.15, 0.2) is 6.07 Å². The molecule has 0 saturated carbocycles. The molecule has 0 unspecified atom stereocenters. The summed E-state index contributed by atoms with van der Waals surface area (Å²) in [4.78, 5) is 36.1. The molecule has 0 aliphatic heterocycles. The lowest BCUT2D eigenvalue weighted by Gasteiger charge is -2.23. The smallest absolute Gasteiger partial charge is 0.411 e. The number of hydrogen-bond donors (Lipinski definition) is 2. The first-order chi connectivity index (χ1) is 10.7. The molecule has 1 aromatic rings. The Morgan fingerprint density at radius 1 is 1.22 bits per heavy atom. The van der Waals surface area contributed by atoms with Crippen LogP contribution in [-0.2, 0) is 14.3 Å². The average Bonchev–Trinajstić information content (AvgIpc) is 2.79. The summed E-state index contributed by atoms with van der Waals surface area (Å²) in [5.41, 5.74) is -0.834. The zero-order valence-electron chi connectivity index (χ0n) is 13.3. The number of esters is 1. The summed E-state index contributed by atoms with van der Waals surface area (Å²) in [6.45, 7) is 6.94. The van der Waals surface area contributed by atoms with E-state index in [-0.39, 0.29) is 13.2 Å². The van der Waals surface area contributed by atoms with Gasteiger partial charge in [0.05, 0.1) is 21.8 Å². The van der Waals surface area contributed by atoms with Gasteiger partial charge in [0.1, 0.15) is 10.4 Å². The lowest BCUT2D eigenvalue weighted by Crippen LogP contribution is -2.50. The number of halogens is 1. The minimum absolute atomic E-state index is 0.227. The number of rotatable bonds is 6. The van der Waals surface area contributed by atoms with Gasteiger partial charge in [0.15, 0.2) is 0 Å². The van der Waals surface area contributed by atoms with Crippen molar-refractivity contribution >= 4 is 57.6 Å². The van der Waals surface area contributed by atoms with E-state index < -0.39 is 23.5 Å². The maximum atomic E-state index is 12.4. The normalized spacial score (nSPS) is 10.8. The maximum absolute atomic E-state index is 12.4. The Balaban J connectivity index is 2.91. The van der Waals surface area contributed by atoms with Gasteiger partial charge in [-0.15, -0.1) is 11.3 Å². The predicted octanol–water partition coefficient (Wildman–Crippen LogP) is 2.99. The first-order valence-corrected chi connectivity index (χ1v) is 8.83. The molecule has 0 atom stereocenters. The highest BCUT2D eigenvalue weighted by molar-refractivity contribution is 14.1. The van der Waals surface area contributed by atoms with Crippen LogP contribution in [0, 0.1) is 2.88 Å². The lowest BCUT2D eigenvalue weighted by molar-refractivity contribution is -0.149. The van der Waals surface area contributed by atoms with Crippen molar-refractivity contribution in [3.8, 4) is 0 Å². The Morgan fingerprint density at radius 3 is 2.39 bits per heavy atom. The number of thiophene rings is 1. The van der Waals surface area contributed by atoms with Gasteiger partial charge in [0.2, 0.25) is 0 Å². The first-order valence-electron chi connectivity index (χ1n) is 6.94. The molecule has 0 saturated heterocycles. The summed E-state index contributed by atoms with van der Waals surface area (Å²) >= 11 is 3.25. The molecule has 1 rings (SSSR count). The van der Waals surface area contributed by atoms with Crippen LogP contribution in [0.5, 0.6) is 0 Å². The summed E-state index contributed by atoms with van der Waals surface area (Å²) in [6, 6.07) is 1.66. The van der Waals surface area contributed by atoms with Crippen LogP contribution in [0.4, 0.5) is 10.5 Å². The molecule has 0 aliphatic carbocycles. The van der Waals surface area contributed by atoms with Crippen molar-refractivity contribution in [3.63, 3.8) is 0 Å². The third kappa shape index (κ3) is 5.65. The number of hydrogen-bond acceptors (Lipinski definition) is 6. The standard InChI is InChI=1S/C14H19IN2O5S/c1-5-21-12(19)14(3,4)17-11(18)10-8(7-9(15)23-10)16-13(20)22-6-2/h7H,5-6H2,1-4H3,(H,16,20)(H,17,18). The molecule has 2 amide bonds. The van der Waals surface area contributed by atoms with E-state index in [1.807, 2.05) is 22.6 Å². The van der Waals surface area contributed by atoms with Gasteiger partial charge in [-0.2, -0.15) is 0 Å². The molecule has 128 valence electrons. The second kappa shape index (κ2) is 8.48. The van der Waals surface area contributed by atoms with Crippen LogP contribution in [0.1, 0.15) is 37.4 Å². The van der Waals surface area contributed by atoms with E-state index in [1.54, 1.807) is 33.8 Å². The van der Waals surface area contributed by atoms with Gasteiger partial charge in [-0.1, -0.05) is 0 Å². The number of amides is 2. The van der Waals surface area contributed by atoms with Crippen LogP contribution >= 0.6 is 33.9 Å². The minimum Gasteiger partial charge on any atom is -0.464 e. The summed E-state index contributed by atoms with van der Waals surface area (Å²) in [5.74, 6) is -0.998. The summed E-state index contributed by atoms with van der Waals surface area (Å²) in [5, 5.41) is 5.14. The van der Waals surface area contributed by atoms with E-state index in [0.717, 1.165) is 2.88 Å². The van der Waals surface area contributed by atoms with Crippen LogP contribution in [0.25, 0.3) is 0 Å². The van der Waals surface area contributed by atoms with Crippen molar-refractivity contribution in [3.05, 3.63) is 13.8 Å². The van der Waals surface area contributed by atoms with Gasteiger partial charge in [-0.05, 0) is 56.4 Å². The Kier molecular flexibility index (Phi) is 7.26. The van der Waals surface area contributed by atoms with Crippen LogP contribution in [-0.4, -0.2) is 36.7 Å². The maximum Gasteiger partial charge on any atom is 0.411 e. The topological polar surface area (TPSA) is 93.7 Å². The molecule has 2 N–H and O–H groups in total. The molecular weight excluding hydrogens is 435 g/mol. The third-order valence-electron chi connectivity index (χ3n) is 2.63. The molecular formula is C14H19IN2O5S. The Bertz CT molecular complexity index is 600. The summed E-state index contributed by atoms with van der Waals surface area (Å²) in [6.07, 6.45) is -0.639. The molecule has 0 aromatic carbocycles. The predicted molar refractivity (Wildman–Crippen MR) is 95.9 cm³/mol. The second-order valence-electron chi connectivity index (χ2n) is 4.94. The molecule has 1 aromatic heterocycles. The summed E-state index contributed by atoms with van der Waals surface area (Å²) < 4.78 is 10.6. The third-order valence-corrected chi connectivity index (χ3v) is 4.53.